The highest BCUT2D eigenvalue weighted by Gasteiger charge is 2.32. The van der Waals surface area contributed by atoms with Crippen molar-refractivity contribution < 1.29 is 45.4 Å². The molecule has 12 heteroatoms. The van der Waals surface area contributed by atoms with Gasteiger partial charge in [-0.1, -0.05) is 24.3 Å². The molecule has 0 amide bonds. The summed E-state index contributed by atoms with van der Waals surface area (Å²) in [5.41, 5.74) is 0.464. The number of carboxylic acid groups (broad SMARTS) is 1. The van der Waals surface area contributed by atoms with Crippen LogP contribution in [0.25, 0.3) is 0 Å². The molecule has 0 heterocycles. The van der Waals surface area contributed by atoms with Gasteiger partial charge in [-0.2, -0.15) is 4.31 Å². The van der Waals surface area contributed by atoms with Gasteiger partial charge in [0.1, 0.15) is 17.3 Å². The third-order valence-electron chi connectivity index (χ3n) is 4.72. The number of nitrogens with zero attached hydrogens (tertiary/aromatic N) is 1. The fourth-order valence-electron chi connectivity index (χ4n) is 3.07. The highest BCUT2D eigenvalue weighted by atomic mass is 32.2. The summed E-state index contributed by atoms with van der Waals surface area (Å²) in [5.74, 6) is -2.51. The molecule has 0 aliphatic heterocycles. The van der Waals surface area contributed by atoms with Gasteiger partial charge in [-0.25, -0.2) is 17.6 Å². The van der Waals surface area contributed by atoms with Gasteiger partial charge in [-0.3, -0.25) is 0 Å². The molecule has 1 atom stereocenters. The molecule has 7 nitrogen and oxygen atoms in total. The maximum atomic E-state index is 13.1. The first-order valence-electron chi connectivity index (χ1n) is 9.91. The number of rotatable bonds is 9. The van der Waals surface area contributed by atoms with E-state index in [0.717, 1.165) is 40.7 Å². The molecule has 35 heavy (non-hydrogen) atoms. The van der Waals surface area contributed by atoms with E-state index < -0.39 is 40.0 Å². The number of hydrogen-bond donors (Lipinski definition) is 1. The number of halogens is 4. The van der Waals surface area contributed by atoms with Gasteiger partial charge in [-0.05, 0) is 54.1 Å². The molecule has 0 fully saturated rings. The molecule has 0 saturated heterocycles. The van der Waals surface area contributed by atoms with Gasteiger partial charge < -0.3 is 14.6 Å². The maximum Gasteiger partial charge on any atom is 0.573 e. The SMILES string of the molecule is CN(Cc1ccc(OC(C(=O)O)c2cccc(OC(F)(F)F)c2)cc1)S(=O)(=O)c1ccc(F)cc1. The lowest BCUT2D eigenvalue weighted by atomic mass is 10.1. The minimum atomic E-state index is -4.94. The number of aliphatic carboxylic acids is 1. The normalized spacial score (nSPS) is 12.9. The van der Waals surface area contributed by atoms with E-state index in [2.05, 4.69) is 4.74 Å². The topological polar surface area (TPSA) is 93.1 Å². The second-order valence-corrected chi connectivity index (χ2v) is 9.36. The molecular weight excluding hydrogens is 494 g/mol. The van der Waals surface area contributed by atoms with Gasteiger partial charge in [0.2, 0.25) is 16.1 Å². The lowest BCUT2D eigenvalue weighted by Gasteiger charge is -2.19. The summed E-state index contributed by atoms with van der Waals surface area (Å²) in [6, 6.07) is 14.6. The van der Waals surface area contributed by atoms with Gasteiger partial charge in [0.25, 0.3) is 0 Å². The van der Waals surface area contributed by atoms with Crippen molar-refractivity contribution in [3.63, 3.8) is 0 Å². The minimum Gasteiger partial charge on any atom is -0.478 e. The predicted molar refractivity (Wildman–Crippen MR) is 116 cm³/mol. The molecule has 3 rings (SSSR count). The zero-order valence-corrected chi connectivity index (χ0v) is 18.9. The number of hydrogen-bond acceptors (Lipinski definition) is 5. The van der Waals surface area contributed by atoms with Crippen LogP contribution < -0.4 is 9.47 Å². The van der Waals surface area contributed by atoms with E-state index in [-0.39, 0.29) is 22.8 Å². The van der Waals surface area contributed by atoms with Crippen molar-refractivity contribution in [2.24, 2.45) is 0 Å². The van der Waals surface area contributed by atoms with E-state index in [9.17, 15) is 35.9 Å². The third kappa shape index (κ3) is 6.93. The fourth-order valence-corrected chi connectivity index (χ4v) is 4.23. The molecular formula is C23H19F4NO6S. The van der Waals surface area contributed by atoms with Crippen molar-refractivity contribution >= 4 is 16.0 Å². The first kappa shape index (κ1) is 26.0. The van der Waals surface area contributed by atoms with E-state index >= 15 is 0 Å². The number of benzene rings is 3. The van der Waals surface area contributed by atoms with Crippen LogP contribution in [0.15, 0.2) is 77.7 Å². The van der Waals surface area contributed by atoms with Crippen LogP contribution in [-0.2, 0) is 21.4 Å². The second-order valence-electron chi connectivity index (χ2n) is 7.32. The second kappa shape index (κ2) is 10.3. The lowest BCUT2D eigenvalue weighted by molar-refractivity contribution is -0.274. The Morgan fingerprint density at radius 1 is 1.00 bits per heavy atom. The van der Waals surface area contributed by atoms with Crippen LogP contribution in [0.5, 0.6) is 11.5 Å². The van der Waals surface area contributed by atoms with Crippen LogP contribution in [-0.4, -0.2) is 37.2 Å². The Hall–Kier alpha value is -3.64. The van der Waals surface area contributed by atoms with Crippen LogP contribution in [0, 0.1) is 5.82 Å². The Labute approximate surface area is 198 Å². The van der Waals surface area contributed by atoms with Crippen molar-refractivity contribution in [2.75, 3.05) is 7.05 Å². The number of carboxylic acids is 1. The Balaban J connectivity index is 1.72. The standard InChI is InChI=1S/C23H19F4NO6S/c1-28(35(31,32)20-11-7-17(24)8-12-20)14-15-5-9-18(10-6-15)33-21(22(29)30)16-3-2-4-19(13-16)34-23(25,26)27/h2-13,21H,14H2,1H3,(H,29,30). The number of sulfonamides is 1. The molecule has 186 valence electrons. The number of ether oxygens (including phenoxy) is 2. The van der Waals surface area contributed by atoms with Gasteiger partial charge in [-0.15, -0.1) is 13.2 Å². The summed E-state index contributed by atoms with van der Waals surface area (Å²) in [4.78, 5) is 11.6. The first-order chi connectivity index (χ1) is 16.3. The summed E-state index contributed by atoms with van der Waals surface area (Å²) < 4.78 is 86.1. The average molecular weight is 513 g/mol. The van der Waals surface area contributed by atoms with Crippen molar-refractivity contribution in [2.45, 2.75) is 23.9 Å². The van der Waals surface area contributed by atoms with Gasteiger partial charge in [0, 0.05) is 19.2 Å². The molecule has 0 aromatic heterocycles. The minimum absolute atomic E-state index is 0.0425. The molecule has 0 radical (unpaired) electrons. The fraction of sp³-hybridized carbons (Fsp3) is 0.174. The largest absolute Gasteiger partial charge is 0.573 e. The molecule has 0 spiro atoms. The van der Waals surface area contributed by atoms with Crippen LogP contribution >= 0.6 is 0 Å². The average Bonchev–Trinajstić information content (AvgIpc) is 2.77. The monoisotopic (exact) mass is 513 g/mol. The Morgan fingerprint density at radius 2 is 1.63 bits per heavy atom. The number of carbonyl (C=O) groups is 1. The maximum absolute atomic E-state index is 13.1. The molecule has 0 aliphatic carbocycles. The summed E-state index contributed by atoms with van der Waals surface area (Å²) in [7, 11) is -2.53. The van der Waals surface area contributed by atoms with Crippen molar-refractivity contribution in [3.8, 4) is 11.5 Å². The molecule has 1 N–H and O–H groups in total. The van der Waals surface area contributed by atoms with Crippen LogP contribution in [0.3, 0.4) is 0 Å². The molecule has 3 aromatic carbocycles. The Kier molecular flexibility index (Phi) is 7.66. The van der Waals surface area contributed by atoms with E-state index in [1.165, 1.54) is 43.4 Å². The Bertz CT molecular complexity index is 1280. The van der Waals surface area contributed by atoms with Crippen molar-refractivity contribution in [3.05, 3.63) is 89.7 Å². The quantitative estimate of drug-likeness (QED) is 0.415. The van der Waals surface area contributed by atoms with Crippen molar-refractivity contribution in [1.29, 1.82) is 0 Å². The van der Waals surface area contributed by atoms with Gasteiger partial charge in [0.05, 0.1) is 4.90 Å². The van der Waals surface area contributed by atoms with Crippen LogP contribution in [0.4, 0.5) is 17.6 Å². The zero-order valence-electron chi connectivity index (χ0n) is 18.1. The smallest absolute Gasteiger partial charge is 0.478 e. The van der Waals surface area contributed by atoms with Crippen LogP contribution in [0.2, 0.25) is 0 Å². The van der Waals surface area contributed by atoms with Gasteiger partial charge >= 0.3 is 12.3 Å². The zero-order chi connectivity index (χ0) is 25.8. The molecule has 0 saturated carbocycles. The highest BCUT2D eigenvalue weighted by Crippen LogP contribution is 2.29. The van der Waals surface area contributed by atoms with E-state index in [1.54, 1.807) is 0 Å². The van der Waals surface area contributed by atoms with E-state index in [1.807, 2.05) is 0 Å². The molecule has 0 bridgehead atoms. The lowest BCUT2D eigenvalue weighted by Crippen LogP contribution is -2.26. The van der Waals surface area contributed by atoms with E-state index in [4.69, 9.17) is 4.74 Å². The Morgan fingerprint density at radius 3 is 2.20 bits per heavy atom. The first-order valence-corrected chi connectivity index (χ1v) is 11.4. The molecule has 0 aliphatic rings. The summed E-state index contributed by atoms with van der Waals surface area (Å²) in [5, 5.41) is 9.52. The molecule has 1 unspecified atom stereocenters. The third-order valence-corrected chi connectivity index (χ3v) is 6.54. The summed E-state index contributed by atoms with van der Waals surface area (Å²) in [6.07, 6.45) is -6.56. The van der Waals surface area contributed by atoms with Crippen molar-refractivity contribution in [1.82, 2.24) is 4.31 Å². The number of alkyl halides is 3. The van der Waals surface area contributed by atoms with Crippen LogP contribution in [0.1, 0.15) is 17.2 Å². The molecule has 3 aromatic rings. The summed E-state index contributed by atoms with van der Waals surface area (Å²) >= 11 is 0. The van der Waals surface area contributed by atoms with E-state index in [0.29, 0.717) is 5.56 Å². The highest BCUT2D eigenvalue weighted by molar-refractivity contribution is 7.89. The van der Waals surface area contributed by atoms with Gasteiger partial charge in [0.15, 0.2) is 0 Å². The predicted octanol–water partition coefficient (Wildman–Crippen LogP) is 4.75. The summed E-state index contributed by atoms with van der Waals surface area (Å²) in [6.45, 7) is -0.0425.